The maximum Gasteiger partial charge on any atom is 0.264 e. The Balaban J connectivity index is 1.85. The van der Waals surface area contributed by atoms with Gasteiger partial charge in [0.1, 0.15) is 5.76 Å². The third-order valence-corrected chi connectivity index (χ3v) is 7.35. The fraction of sp³-hybridized carbons (Fsp3) is 0.292. The standard InChI is InChI=1S/C24H29N3O4S/c1-5-27(20-10-7-6-8-11-20)32(29,30)23-16-19(14-13-18(23)2)24(28)25-17-21(26(3)4)22-12-9-15-31-22/h6-16,21H,5,17H2,1-4H3,(H,25,28)/t21-/m0/s1. The average Bonchev–Trinajstić information content (AvgIpc) is 3.29. The van der Waals surface area contributed by atoms with E-state index in [1.165, 1.54) is 10.4 Å². The third-order valence-electron chi connectivity index (χ3n) is 5.30. The molecule has 0 spiro atoms. The summed E-state index contributed by atoms with van der Waals surface area (Å²) in [6.45, 7) is 4.11. The highest BCUT2D eigenvalue weighted by Gasteiger charge is 2.26. The van der Waals surface area contributed by atoms with Crippen LogP contribution in [0, 0.1) is 6.92 Å². The van der Waals surface area contributed by atoms with Gasteiger partial charge in [0.2, 0.25) is 0 Å². The van der Waals surface area contributed by atoms with Gasteiger partial charge in [-0.2, -0.15) is 0 Å². The molecule has 1 atom stereocenters. The molecule has 3 rings (SSSR count). The van der Waals surface area contributed by atoms with Crippen molar-refractivity contribution in [3.05, 3.63) is 83.8 Å². The summed E-state index contributed by atoms with van der Waals surface area (Å²) in [6, 6.07) is 17.2. The van der Waals surface area contributed by atoms with Crippen molar-refractivity contribution < 1.29 is 17.6 Å². The third kappa shape index (κ3) is 5.03. The zero-order valence-electron chi connectivity index (χ0n) is 18.8. The molecule has 0 saturated heterocycles. The van der Waals surface area contributed by atoms with Crippen LogP contribution < -0.4 is 9.62 Å². The highest BCUT2D eigenvalue weighted by Crippen LogP contribution is 2.26. The zero-order chi connectivity index (χ0) is 23.3. The van der Waals surface area contributed by atoms with Crippen LogP contribution in [0.1, 0.15) is 34.6 Å². The predicted molar refractivity (Wildman–Crippen MR) is 125 cm³/mol. The van der Waals surface area contributed by atoms with Crippen LogP contribution in [0.2, 0.25) is 0 Å². The van der Waals surface area contributed by atoms with Crippen LogP contribution in [0.15, 0.2) is 76.2 Å². The Kier molecular flexibility index (Phi) is 7.37. The number of nitrogens with one attached hydrogen (secondary N) is 1. The Labute approximate surface area is 189 Å². The number of nitrogens with zero attached hydrogens (tertiary/aromatic N) is 2. The van der Waals surface area contributed by atoms with Crippen LogP contribution in [0.25, 0.3) is 0 Å². The number of anilines is 1. The highest BCUT2D eigenvalue weighted by molar-refractivity contribution is 7.92. The minimum Gasteiger partial charge on any atom is -0.468 e. The zero-order valence-corrected chi connectivity index (χ0v) is 19.6. The number of hydrogen-bond acceptors (Lipinski definition) is 5. The summed E-state index contributed by atoms with van der Waals surface area (Å²) in [7, 11) is -0.0377. The molecule has 7 nitrogen and oxygen atoms in total. The van der Waals surface area contributed by atoms with Gasteiger partial charge in [-0.15, -0.1) is 0 Å². The molecule has 0 radical (unpaired) electrons. The van der Waals surface area contributed by atoms with E-state index < -0.39 is 10.0 Å². The van der Waals surface area contributed by atoms with Gasteiger partial charge in [-0.3, -0.25) is 14.0 Å². The second-order valence-corrected chi connectivity index (χ2v) is 9.52. The van der Waals surface area contributed by atoms with Crippen LogP contribution in [0.3, 0.4) is 0 Å². The molecule has 3 aromatic rings. The number of carbonyl (C=O) groups is 1. The molecule has 1 heterocycles. The first kappa shape index (κ1) is 23.6. The smallest absolute Gasteiger partial charge is 0.264 e. The first-order valence-electron chi connectivity index (χ1n) is 10.4. The van der Waals surface area contributed by atoms with E-state index in [0.717, 1.165) is 5.76 Å². The number of para-hydroxylation sites is 1. The van der Waals surface area contributed by atoms with E-state index in [1.807, 2.05) is 31.1 Å². The van der Waals surface area contributed by atoms with E-state index in [2.05, 4.69) is 5.32 Å². The van der Waals surface area contributed by atoms with Crippen molar-refractivity contribution >= 4 is 21.6 Å². The van der Waals surface area contributed by atoms with Gasteiger partial charge >= 0.3 is 0 Å². The molecule has 0 bridgehead atoms. The summed E-state index contributed by atoms with van der Waals surface area (Å²) in [5.41, 5.74) is 1.45. The van der Waals surface area contributed by atoms with Crippen LogP contribution in [-0.4, -0.2) is 46.4 Å². The SMILES string of the molecule is CCN(c1ccccc1)S(=O)(=O)c1cc(C(=O)NC[C@@H](c2ccco2)N(C)C)ccc1C. The first-order chi connectivity index (χ1) is 15.3. The predicted octanol–water partition coefficient (Wildman–Crippen LogP) is 3.84. The molecule has 0 saturated carbocycles. The lowest BCUT2D eigenvalue weighted by Gasteiger charge is -2.24. The minimum absolute atomic E-state index is 0.117. The maximum absolute atomic E-state index is 13.4. The molecule has 1 amide bonds. The Morgan fingerprint density at radius 2 is 1.78 bits per heavy atom. The number of aryl methyl sites for hydroxylation is 1. The van der Waals surface area contributed by atoms with Crippen LogP contribution in [0.5, 0.6) is 0 Å². The number of amides is 1. The lowest BCUT2D eigenvalue weighted by atomic mass is 10.1. The Morgan fingerprint density at radius 3 is 2.38 bits per heavy atom. The number of hydrogen-bond donors (Lipinski definition) is 1. The summed E-state index contributed by atoms with van der Waals surface area (Å²) in [6.07, 6.45) is 1.59. The summed E-state index contributed by atoms with van der Waals surface area (Å²) in [4.78, 5) is 14.9. The van der Waals surface area contributed by atoms with Gasteiger partial charge < -0.3 is 9.73 Å². The molecule has 1 N–H and O–H groups in total. The van der Waals surface area contributed by atoms with Crippen LogP contribution in [-0.2, 0) is 10.0 Å². The average molecular weight is 456 g/mol. The lowest BCUT2D eigenvalue weighted by molar-refractivity contribution is 0.0939. The van der Waals surface area contributed by atoms with Gasteiger partial charge in [0.05, 0.1) is 22.9 Å². The summed E-state index contributed by atoms with van der Waals surface area (Å²) in [5.74, 6) is 0.395. The molecule has 0 fully saturated rings. The van der Waals surface area contributed by atoms with Gasteiger partial charge in [-0.1, -0.05) is 24.3 Å². The molecule has 8 heteroatoms. The Morgan fingerprint density at radius 1 is 1.06 bits per heavy atom. The van der Waals surface area contributed by atoms with E-state index in [-0.39, 0.29) is 29.0 Å². The second kappa shape index (κ2) is 10.0. The molecule has 2 aromatic carbocycles. The summed E-state index contributed by atoms with van der Waals surface area (Å²) in [5, 5.41) is 2.89. The van der Waals surface area contributed by atoms with Crippen molar-refractivity contribution in [1.82, 2.24) is 10.2 Å². The molecule has 0 aliphatic rings. The molecular formula is C24H29N3O4S. The molecule has 0 aliphatic carbocycles. The van der Waals surface area contributed by atoms with Crippen LogP contribution >= 0.6 is 0 Å². The van der Waals surface area contributed by atoms with Gasteiger partial charge in [0.25, 0.3) is 15.9 Å². The van der Waals surface area contributed by atoms with Gasteiger partial charge in [0.15, 0.2) is 0 Å². The van der Waals surface area contributed by atoms with Gasteiger partial charge in [0, 0.05) is 18.7 Å². The van der Waals surface area contributed by atoms with E-state index in [0.29, 0.717) is 17.8 Å². The van der Waals surface area contributed by atoms with E-state index in [9.17, 15) is 13.2 Å². The molecule has 0 aliphatic heterocycles. The van der Waals surface area contributed by atoms with E-state index >= 15 is 0 Å². The van der Waals surface area contributed by atoms with Gasteiger partial charge in [-0.05, 0) is 69.9 Å². The van der Waals surface area contributed by atoms with E-state index in [4.69, 9.17) is 4.42 Å². The van der Waals surface area contributed by atoms with Crippen molar-refractivity contribution in [3.63, 3.8) is 0 Å². The van der Waals surface area contributed by atoms with E-state index in [1.54, 1.807) is 62.6 Å². The molecular weight excluding hydrogens is 426 g/mol. The Bertz CT molecular complexity index is 1140. The lowest BCUT2D eigenvalue weighted by Crippen LogP contribution is -2.35. The maximum atomic E-state index is 13.4. The van der Waals surface area contributed by atoms with Crippen molar-refractivity contribution in [1.29, 1.82) is 0 Å². The summed E-state index contributed by atoms with van der Waals surface area (Å²) < 4.78 is 33.7. The summed E-state index contributed by atoms with van der Waals surface area (Å²) >= 11 is 0. The van der Waals surface area contributed by atoms with Gasteiger partial charge in [-0.25, -0.2) is 8.42 Å². The number of likely N-dealkylation sites (N-methyl/N-ethyl adjacent to an activating group) is 1. The fourth-order valence-electron chi connectivity index (χ4n) is 3.53. The Hall–Kier alpha value is -3.10. The van der Waals surface area contributed by atoms with Crippen molar-refractivity contribution in [2.24, 2.45) is 0 Å². The number of furan rings is 1. The fourth-order valence-corrected chi connectivity index (χ4v) is 5.26. The van der Waals surface area contributed by atoms with Crippen molar-refractivity contribution in [2.45, 2.75) is 24.8 Å². The number of rotatable bonds is 9. The molecule has 32 heavy (non-hydrogen) atoms. The quantitative estimate of drug-likeness (QED) is 0.530. The van der Waals surface area contributed by atoms with Crippen LogP contribution in [0.4, 0.5) is 5.69 Å². The number of sulfonamides is 1. The topological polar surface area (TPSA) is 82.9 Å². The number of carbonyl (C=O) groups excluding carboxylic acids is 1. The van der Waals surface area contributed by atoms with Crippen molar-refractivity contribution in [2.75, 3.05) is 31.5 Å². The minimum atomic E-state index is -3.84. The second-order valence-electron chi connectivity index (χ2n) is 7.69. The monoisotopic (exact) mass is 455 g/mol. The highest BCUT2D eigenvalue weighted by atomic mass is 32.2. The largest absolute Gasteiger partial charge is 0.468 e. The normalized spacial score (nSPS) is 12.5. The first-order valence-corrected chi connectivity index (χ1v) is 11.9. The molecule has 170 valence electrons. The molecule has 1 aromatic heterocycles. The number of benzene rings is 2. The molecule has 0 unspecified atom stereocenters. The van der Waals surface area contributed by atoms with Crippen molar-refractivity contribution in [3.8, 4) is 0 Å².